The van der Waals surface area contributed by atoms with Crippen molar-refractivity contribution in [1.82, 2.24) is 0 Å². The molecule has 0 unspecified atom stereocenters. The van der Waals surface area contributed by atoms with Crippen LogP contribution >= 0.6 is 0 Å². The summed E-state index contributed by atoms with van der Waals surface area (Å²) in [7, 11) is 0. The summed E-state index contributed by atoms with van der Waals surface area (Å²) < 4.78 is 0. The molecule has 0 saturated carbocycles. The van der Waals surface area contributed by atoms with Gasteiger partial charge in [0.15, 0.2) is 0 Å². The number of nitrogens with one attached hydrogen (secondary N) is 1. The number of nitrogens with zero attached hydrogens (tertiary/aromatic N) is 1. The molecule has 0 saturated heterocycles. The third-order valence-electron chi connectivity index (χ3n) is 5.80. The Morgan fingerprint density at radius 3 is 2.61 bits per heavy atom. The number of hydrogen-bond donors (Lipinski definition) is 1. The highest BCUT2D eigenvalue weighted by Crippen LogP contribution is 2.54. The summed E-state index contributed by atoms with van der Waals surface area (Å²) in [5, 5.41) is 3.81. The van der Waals surface area contributed by atoms with Crippen molar-refractivity contribution in [3.63, 3.8) is 0 Å². The maximum absolute atomic E-state index is 3.81. The third kappa shape index (κ3) is 2.00. The van der Waals surface area contributed by atoms with Crippen LogP contribution in [0.1, 0.15) is 48.9 Å². The first-order chi connectivity index (χ1) is 11.1. The molecule has 1 heterocycles. The first-order valence-electron chi connectivity index (χ1n) is 8.83. The van der Waals surface area contributed by atoms with Crippen molar-refractivity contribution in [2.24, 2.45) is 0 Å². The van der Waals surface area contributed by atoms with Gasteiger partial charge in [-0.05, 0) is 74.6 Å². The van der Waals surface area contributed by atoms with Crippen LogP contribution in [0, 0.1) is 6.92 Å². The predicted molar refractivity (Wildman–Crippen MR) is 98.8 cm³/mol. The van der Waals surface area contributed by atoms with Crippen LogP contribution in [0.2, 0.25) is 0 Å². The fourth-order valence-electron chi connectivity index (χ4n) is 4.70. The van der Waals surface area contributed by atoms with E-state index in [9.17, 15) is 0 Å². The summed E-state index contributed by atoms with van der Waals surface area (Å²) >= 11 is 0. The van der Waals surface area contributed by atoms with Crippen molar-refractivity contribution < 1.29 is 0 Å². The lowest BCUT2D eigenvalue weighted by atomic mass is 9.84. The summed E-state index contributed by atoms with van der Waals surface area (Å²) in [6, 6.07) is 13.7. The molecule has 2 atom stereocenters. The molecule has 2 aliphatic rings. The van der Waals surface area contributed by atoms with Crippen molar-refractivity contribution in [3.05, 3.63) is 58.7 Å². The summed E-state index contributed by atoms with van der Waals surface area (Å²) in [5.41, 5.74) is 8.81. The Hall–Kier alpha value is -1.96. The molecule has 1 aliphatic carbocycles. The molecule has 2 aromatic carbocycles. The van der Waals surface area contributed by atoms with Crippen LogP contribution in [0.5, 0.6) is 0 Å². The zero-order valence-electron chi connectivity index (χ0n) is 14.6. The Balaban J connectivity index is 1.88. The van der Waals surface area contributed by atoms with Crippen molar-refractivity contribution >= 4 is 11.4 Å². The van der Waals surface area contributed by atoms with Crippen molar-refractivity contribution in [1.29, 1.82) is 0 Å². The van der Waals surface area contributed by atoms with Gasteiger partial charge in [0.05, 0.1) is 0 Å². The predicted octanol–water partition coefficient (Wildman–Crippen LogP) is 4.71. The Morgan fingerprint density at radius 2 is 1.87 bits per heavy atom. The van der Waals surface area contributed by atoms with Gasteiger partial charge in [-0.2, -0.15) is 0 Å². The van der Waals surface area contributed by atoms with E-state index in [0.29, 0.717) is 5.92 Å². The number of hydrogen-bond acceptors (Lipinski definition) is 2. The SMILES string of the molecule is CCN(CC)c1cc(C)c2c(c1)[C@H]1c3ccccc3N[C@@]1(C)C2. The lowest BCUT2D eigenvalue weighted by Crippen LogP contribution is -2.34. The van der Waals surface area contributed by atoms with E-state index < -0.39 is 0 Å². The topological polar surface area (TPSA) is 15.3 Å². The molecule has 23 heavy (non-hydrogen) atoms. The minimum Gasteiger partial charge on any atom is -0.378 e. The molecule has 120 valence electrons. The van der Waals surface area contributed by atoms with Crippen LogP contribution in [0.25, 0.3) is 0 Å². The second kappa shape index (κ2) is 5.02. The van der Waals surface area contributed by atoms with E-state index in [1.165, 1.54) is 28.1 Å². The zero-order valence-corrected chi connectivity index (χ0v) is 14.6. The summed E-state index contributed by atoms with van der Waals surface area (Å²) in [6.07, 6.45) is 1.12. The molecule has 2 heteroatoms. The molecule has 1 aliphatic heterocycles. The van der Waals surface area contributed by atoms with Crippen molar-refractivity contribution in [2.45, 2.75) is 45.6 Å². The highest BCUT2D eigenvalue weighted by molar-refractivity contribution is 5.71. The minimum atomic E-state index is 0.124. The molecule has 2 nitrogen and oxygen atoms in total. The number of para-hydroxylation sites is 1. The third-order valence-corrected chi connectivity index (χ3v) is 5.80. The maximum Gasteiger partial charge on any atom is 0.0495 e. The number of fused-ring (bicyclic) bond motifs is 5. The Labute approximate surface area is 139 Å². The van der Waals surface area contributed by atoms with Gasteiger partial charge in [0.2, 0.25) is 0 Å². The molecule has 0 bridgehead atoms. The van der Waals surface area contributed by atoms with E-state index in [0.717, 1.165) is 19.5 Å². The number of aryl methyl sites for hydroxylation is 1. The molecule has 2 aromatic rings. The van der Waals surface area contributed by atoms with E-state index in [2.05, 4.69) is 74.3 Å². The molecule has 0 spiro atoms. The average molecular weight is 306 g/mol. The second-order valence-corrected chi connectivity index (χ2v) is 7.24. The van der Waals surface area contributed by atoms with Crippen LogP contribution in [0.3, 0.4) is 0 Å². The van der Waals surface area contributed by atoms with Gasteiger partial charge in [0.1, 0.15) is 0 Å². The van der Waals surface area contributed by atoms with Gasteiger partial charge in [-0.25, -0.2) is 0 Å². The number of anilines is 2. The monoisotopic (exact) mass is 306 g/mol. The van der Waals surface area contributed by atoms with Gasteiger partial charge in [-0.15, -0.1) is 0 Å². The first-order valence-corrected chi connectivity index (χ1v) is 8.83. The standard InChI is InChI=1S/C21H26N2/c1-5-23(6-2)15-11-14(3)18-13-21(4)20(17(18)12-15)16-9-7-8-10-19(16)22-21/h7-12,20,22H,5-6,13H2,1-4H3/t20-,21+/m1/s1. The molecule has 0 radical (unpaired) electrons. The van der Waals surface area contributed by atoms with Gasteiger partial charge in [0.25, 0.3) is 0 Å². The summed E-state index contributed by atoms with van der Waals surface area (Å²) in [4.78, 5) is 2.46. The van der Waals surface area contributed by atoms with Gasteiger partial charge in [-0.1, -0.05) is 18.2 Å². The smallest absolute Gasteiger partial charge is 0.0495 e. The number of rotatable bonds is 3. The molecule has 1 N–H and O–H groups in total. The van der Waals surface area contributed by atoms with Gasteiger partial charge < -0.3 is 10.2 Å². The van der Waals surface area contributed by atoms with Crippen LogP contribution in [0.4, 0.5) is 11.4 Å². The average Bonchev–Trinajstić information content (AvgIpc) is 2.98. The zero-order chi connectivity index (χ0) is 16.2. The quantitative estimate of drug-likeness (QED) is 0.883. The largest absolute Gasteiger partial charge is 0.378 e. The minimum absolute atomic E-state index is 0.124. The second-order valence-electron chi connectivity index (χ2n) is 7.24. The fraction of sp³-hybridized carbons (Fsp3) is 0.429. The first kappa shape index (κ1) is 14.6. The van der Waals surface area contributed by atoms with Crippen LogP contribution in [-0.4, -0.2) is 18.6 Å². The van der Waals surface area contributed by atoms with E-state index in [1.807, 2.05) is 0 Å². The highest BCUT2D eigenvalue weighted by atomic mass is 15.1. The summed E-state index contributed by atoms with van der Waals surface area (Å²) in [5.74, 6) is 0.475. The summed E-state index contributed by atoms with van der Waals surface area (Å²) in [6.45, 7) is 11.3. The molecule has 0 aromatic heterocycles. The lowest BCUT2D eigenvalue weighted by molar-refractivity contribution is 0.516. The van der Waals surface area contributed by atoms with Crippen LogP contribution in [0.15, 0.2) is 36.4 Å². The number of benzene rings is 2. The molecular weight excluding hydrogens is 280 g/mol. The maximum atomic E-state index is 3.81. The van der Waals surface area contributed by atoms with Gasteiger partial charge >= 0.3 is 0 Å². The molecule has 0 fully saturated rings. The molecule has 4 rings (SSSR count). The lowest BCUT2D eigenvalue weighted by Gasteiger charge is -2.26. The highest BCUT2D eigenvalue weighted by Gasteiger charge is 2.49. The van der Waals surface area contributed by atoms with E-state index >= 15 is 0 Å². The van der Waals surface area contributed by atoms with Crippen LogP contribution < -0.4 is 10.2 Å². The Morgan fingerprint density at radius 1 is 1.13 bits per heavy atom. The van der Waals surface area contributed by atoms with Gasteiger partial charge in [-0.3, -0.25) is 0 Å². The van der Waals surface area contributed by atoms with E-state index in [1.54, 1.807) is 5.56 Å². The van der Waals surface area contributed by atoms with Crippen molar-refractivity contribution in [2.75, 3.05) is 23.3 Å². The van der Waals surface area contributed by atoms with E-state index in [4.69, 9.17) is 0 Å². The van der Waals surface area contributed by atoms with E-state index in [-0.39, 0.29) is 5.54 Å². The Bertz CT molecular complexity index is 760. The molecular formula is C21H26N2. The van der Waals surface area contributed by atoms with Crippen LogP contribution in [-0.2, 0) is 6.42 Å². The Kier molecular flexibility index (Phi) is 3.19. The van der Waals surface area contributed by atoms with Gasteiger partial charge in [0, 0.05) is 35.9 Å². The normalized spacial score (nSPS) is 23.9. The molecule has 0 amide bonds. The fourth-order valence-corrected chi connectivity index (χ4v) is 4.70. The van der Waals surface area contributed by atoms with Crippen molar-refractivity contribution in [3.8, 4) is 0 Å².